The second-order valence-electron chi connectivity index (χ2n) is 7.45. The number of anilines is 1. The first-order chi connectivity index (χ1) is 11.4. The number of halogens is 3. The fourth-order valence-electron chi connectivity index (χ4n) is 3.29. The normalized spacial score (nSPS) is 23.0. The van der Waals surface area contributed by atoms with E-state index in [4.69, 9.17) is 4.74 Å². The van der Waals surface area contributed by atoms with Gasteiger partial charge >= 0.3 is 12.3 Å². The van der Waals surface area contributed by atoms with Crippen LogP contribution in [-0.2, 0) is 21.1 Å². The molecular formula is C17H19F3N2O3. The van der Waals surface area contributed by atoms with Crippen LogP contribution in [0.3, 0.4) is 0 Å². The number of fused-ring (bicyclic) bond motifs is 2. The third-order valence-electron chi connectivity index (χ3n) is 4.47. The number of likely N-dealkylation sites (tertiary alicyclic amines) is 1. The summed E-state index contributed by atoms with van der Waals surface area (Å²) >= 11 is 0. The van der Waals surface area contributed by atoms with Crippen LogP contribution in [0.2, 0.25) is 0 Å². The molecule has 0 bridgehead atoms. The van der Waals surface area contributed by atoms with Gasteiger partial charge in [0.05, 0.1) is 11.0 Å². The first-order valence-corrected chi connectivity index (χ1v) is 7.93. The van der Waals surface area contributed by atoms with Crippen LogP contribution in [0.1, 0.15) is 38.3 Å². The number of hydrogen-bond donors (Lipinski definition) is 1. The molecule has 136 valence electrons. The van der Waals surface area contributed by atoms with Gasteiger partial charge in [0, 0.05) is 18.8 Å². The van der Waals surface area contributed by atoms with Crippen LogP contribution in [0.15, 0.2) is 18.2 Å². The summed E-state index contributed by atoms with van der Waals surface area (Å²) in [6, 6.07) is 3.21. The molecule has 3 rings (SSSR count). The van der Waals surface area contributed by atoms with E-state index in [2.05, 4.69) is 5.32 Å². The first kappa shape index (κ1) is 17.6. The van der Waals surface area contributed by atoms with Crippen LogP contribution in [0, 0.1) is 0 Å². The minimum Gasteiger partial charge on any atom is -0.444 e. The minimum absolute atomic E-state index is 0.00204. The summed E-state index contributed by atoms with van der Waals surface area (Å²) < 4.78 is 44.4. The van der Waals surface area contributed by atoms with Gasteiger partial charge in [-0.15, -0.1) is 0 Å². The topological polar surface area (TPSA) is 58.6 Å². The lowest BCUT2D eigenvalue weighted by Crippen LogP contribution is -2.41. The number of carbonyl (C=O) groups excluding carboxylic acids is 2. The quantitative estimate of drug-likeness (QED) is 0.774. The second kappa shape index (κ2) is 5.37. The summed E-state index contributed by atoms with van der Waals surface area (Å²) in [7, 11) is 0. The molecule has 0 saturated carbocycles. The van der Waals surface area contributed by atoms with Gasteiger partial charge in [0.15, 0.2) is 0 Å². The smallest absolute Gasteiger partial charge is 0.416 e. The summed E-state index contributed by atoms with van der Waals surface area (Å²) in [4.78, 5) is 26.1. The Bertz CT molecular complexity index is 740. The van der Waals surface area contributed by atoms with Crippen molar-refractivity contribution in [3.63, 3.8) is 0 Å². The molecule has 1 atom stereocenters. The maximum atomic E-state index is 13.0. The van der Waals surface area contributed by atoms with E-state index < -0.39 is 28.8 Å². The number of hydrogen-bond acceptors (Lipinski definition) is 3. The van der Waals surface area contributed by atoms with Crippen molar-refractivity contribution in [2.45, 2.75) is 44.4 Å². The predicted molar refractivity (Wildman–Crippen MR) is 84.2 cm³/mol. The number of ether oxygens (including phenoxy) is 1. The Balaban J connectivity index is 1.92. The third-order valence-corrected chi connectivity index (χ3v) is 4.47. The SMILES string of the molecule is CC(C)(C)OC(=O)N1CCC2(C1)C(=O)Nc1ccc(C(F)(F)F)cc12. The summed E-state index contributed by atoms with van der Waals surface area (Å²) in [6.07, 6.45) is -4.81. The summed E-state index contributed by atoms with van der Waals surface area (Å²) in [5, 5.41) is 2.63. The molecule has 0 aromatic heterocycles. The van der Waals surface area contributed by atoms with Crippen molar-refractivity contribution in [3.05, 3.63) is 29.3 Å². The van der Waals surface area contributed by atoms with E-state index in [1.807, 2.05) is 0 Å². The molecule has 2 heterocycles. The van der Waals surface area contributed by atoms with Crippen LogP contribution < -0.4 is 5.32 Å². The zero-order chi connectivity index (χ0) is 18.6. The molecule has 2 amide bonds. The predicted octanol–water partition coefficient (Wildman–Crippen LogP) is 3.54. The molecule has 8 heteroatoms. The number of benzene rings is 1. The minimum atomic E-state index is -4.49. The molecule has 25 heavy (non-hydrogen) atoms. The molecule has 2 aliphatic rings. The molecule has 1 spiro atoms. The molecular weight excluding hydrogens is 337 g/mol. The number of rotatable bonds is 0. The van der Waals surface area contributed by atoms with Gasteiger partial charge in [0.25, 0.3) is 0 Å². The third kappa shape index (κ3) is 3.05. The number of nitrogens with one attached hydrogen (secondary N) is 1. The molecule has 1 aromatic carbocycles. The summed E-state index contributed by atoms with van der Waals surface area (Å²) in [6.45, 7) is 5.43. The van der Waals surface area contributed by atoms with Gasteiger partial charge in [-0.25, -0.2) is 4.79 Å². The maximum absolute atomic E-state index is 13.0. The average molecular weight is 356 g/mol. The number of amides is 2. The molecule has 1 unspecified atom stereocenters. The van der Waals surface area contributed by atoms with Crippen molar-refractivity contribution in [2.24, 2.45) is 0 Å². The van der Waals surface area contributed by atoms with Crippen molar-refractivity contribution in [1.29, 1.82) is 0 Å². The zero-order valence-corrected chi connectivity index (χ0v) is 14.2. The standard InChI is InChI=1S/C17H19F3N2O3/c1-15(2,3)25-14(24)22-7-6-16(9-22)11-8-10(17(18,19)20)4-5-12(11)21-13(16)23/h4-5,8H,6-7,9H2,1-3H3,(H,21,23). The Kier molecular flexibility index (Phi) is 3.78. The highest BCUT2D eigenvalue weighted by Gasteiger charge is 2.53. The maximum Gasteiger partial charge on any atom is 0.416 e. The largest absolute Gasteiger partial charge is 0.444 e. The molecule has 2 aliphatic heterocycles. The van der Waals surface area contributed by atoms with E-state index in [1.165, 1.54) is 11.0 Å². The first-order valence-electron chi connectivity index (χ1n) is 7.93. The Labute approximate surface area is 143 Å². The van der Waals surface area contributed by atoms with Gasteiger partial charge < -0.3 is 15.0 Å². The summed E-state index contributed by atoms with van der Waals surface area (Å²) in [5.41, 5.74) is -2.00. The van der Waals surface area contributed by atoms with Gasteiger partial charge in [0.2, 0.25) is 5.91 Å². The van der Waals surface area contributed by atoms with E-state index in [0.29, 0.717) is 11.3 Å². The highest BCUT2D eigenvalue weighted by molar-refractivity contribution is 6.07. The lowest BCUT2D eigenvalue weighted by Gasteiger charge is -2.26. The highest BCUT2D eigenvalue weighted by Crippen LogP contribution is 2.46. The second-order valence-corrected chi connectivity index (χ2v) is 7.45. The van der Waals surface area contributed by atoms with Gasteiger partial charge in [0.1, 0.15) is 5.60 Å². The van der Waals surface area contributed by atoms with Crippen molar-refractivity contribution < 1.29 is 27.5 Å². The Morgan fingerprint density at radius 1 is 1.28 bits per heavy atom. The highest BCUT2D eigenvalue weighted by atomic mass is 19.4. The van der Waals surface area contributed by atoms with Crippen molar-refractivity contribution >= 4 is 17.7 Å². The lowest BCUT2D eigenvalue weighted by molar-refractivity contribution is -0.137. The number of alkyl halides is 3. The van der Waals surface area contributed by atoms with Crippen LogP contribution in [-0.4, -0.2) is 35.6 Å². The van der Waals surface area contributed by atoms with Crippen LogP contribution in [0.4, 0.5) is 23.7 Å². The zero-order valence-electron chi connectivity index (χ0n) is 14.2. The van der Waals surface area contributed by atoms with E-state index in [9.17, 15) is 22.8 Å². The lowest BCUT2D eigenvalue weighted by atomic mass is 9.80. The Morgan fingerprint density at radius 2 is 1.96 bits per heavy atom. The van der Waals surface area contributed by atoms with Gasteiger partial charge in [-0.2, -0.15) is 13.2 Å². The van der Waals surface area contributed by atoms with Crippen LogP contribution in [0.25, 0.3) is 0 Å². The molecule has 1 aromatic rings. The van der Waals surface area contributed by atoms with Gasteiger partial charge in [-0.3, -0.25) is 4.79 Å². The number of nitrogens with zero attached hydrogens (tertiary/aromatic N) is 1. The van der Waals surface area contributed by atoms with Crippen molar-refractivity contribution in [1.82, 2.24) is 4.90 Å². The molecule has 5 nitrogen and oxygen atoms in total. The number of carbonyl (C=O) groups is 2. The van der Waals surface area contributed by atoms with E-state index in [1.54, 1.807) is 20.8 Å². The molecule has 0 aliphatic carbocycles. The van der Waals surface area contributed by atoms with E-state index in [-0.39, 0.29) is 25.4 Å². The fraction of sp³-hybridized carbons (Fsp3) is 0.529. The van der Waals surface area contributed by atoms with Crippen molar-refractivity contribution in [2.75, 3.05) is 18.4 Å². The van der Waals surface area contributed by atoms with Crippen molar-refractivity contribution in [3.8, 4) is 0 Å². The Hall–Kier alpha value is -2.25. The molecule has 0 radical (unpaired) electrons. The molecule has 1 saturated heterocycles. The monoisotopic (exact) mass is 356 g/mol. The van der Waals surface area contributed by atoms with E-state index in [0.717, 1.165) is 12.1 Å². The van der Waals surface area contributed by atoms with E-state index >= 15 is 0 Å². The van der Waals surface area contributed by atoms with Gasteiger partial charge in [-0.05, 0) is 51.0 Å². The van der Waals surface area contributed by atoms with Gasteiger partial charge in [-0.1, -0.05) is 0 Å². The van der Waals surface area contributed by atoms with Crippen LogP contribution >= 0.6 is 0 Å². The Morgan fingerprint density at radius 3 is 2.56 bits per heavy atom. The van der Waals surface area contributed by atoms with Crippen LogP contribution in [0.5, 0.6) is 0 Å². The fourth-order valence-corrected chi connectivity index (χ4v) is 3.29. The summed E-state index contributed by atoms with van der Waals surface area (Å²) in [5.74, 6) is -0.382. The molecule has 1 fully saturated rings. The average Bonchev–Trinajstić information content (AvgIpc) is 3.01. The molecule has 1 N–H and O–H groups in total.